The van der Waals surface area contributed by atoms with Crippen LogP contribution in [0.1, 0.15) is 44.2 Å². The van der Waals surface area contributed by atoms with Gasteiger partial charge in [-0.1, -0.05) is 24.4 Å². The number of aromatic nitrogens is 2. The van der Waals surface area contributed by atoms with Crippen molar-refractivity contribution in [1.82, 2.24) is 9.97 Å². The number of rotatable bonds is 4. The van der Waals surface area contributed by atoms with Crippen LogP contribution in [0.2, 0.25) is 4.34 Å². The van der Waals surface area contributed by atoms with E-state index >= 15 is 0 Å². The zero-order valence-electron chi connectivity index (χ0n) is 11.8. The van der Waals surface area contributed by atoms with Crippen molar-refractivity contribution in [3.8, 4) is 10.7 Å². The first-order chi connectivity index (χ1) is 10.2. The van der Waals surface area contributed by atoms with Gasteiger partial charge in [0.1, 0.15) is 10.2 Å². The number of halogens is 2. The molecule has 2 aromatic heterocycles. The maximum atomic E-state index is 6.15. The maximum Gasteiger partial charge on any atom is 0.171 e. The first kappa shape index (κ1) is 15.3. The molecular formula is C15H17BrClN3S. The van der Waals surface area contributed by atoms with Crippen LogP contribution in [0.15, 0.2) is 16.6 Å². The van der Waals surface area contributed by atoms with Crippen molar-refractivity contribution in [2.45, 2.75) is 38.5 Å². The lowest BCUT2D eigenvalue weighted by Crippen LogP contribution is -2.05. The van der Waals surface area contributed by atoms with Crippen molar-refractivity contribution in [2.24, 2.45) is 0 Å². The molecule has 0 aromatic carbocycles. The minimum absolute atomic E-state index is 0.572. The van der Waals surface area contributed by atoms with Crippen LogP contribution in [-0.2, 0) is 0 Å². The van der Waals surface area contributed by atoms with E-state index in [1.165, 1.54) is 37.0 Å². The van der Waals surface area contributed by atoms with Crippen LogP contribution in [0, 0.1) is 0 Å². The Labute approximate surface area is 142 Å². The van der Waals surface area contributed by atoms with E-state index in [4.69, 9.17) is 16.6 Å². The van der Waals surface area contributed by atoms with Gasteiger partial charge in [0.2, 0.25) is 0 Å². The third kappa shape index (κ3) is 3.41. The fraction of sp³-hybridized carbons (Fsp3) is 0.467. The van der Waals surface area contributed by atoms with Gasteiger partial charge in [0.25, 0.3) is 0 Å². The Morgan fingerprint density at radius 3 is 2.71 bits per heavy atom. The molecule has 0 saturated heterocycles. The highest BCUT2D eigenvalue weighted by molar-refractivity contribution is 9.10. The molecule has 0 amide bonds. The van der Waals surface area contributed by atoms with Gasteiger partial charge in [0.15, 0.2) is 5.82 Å². The van der Waals surface area contributed by atoms with Crippen LogP contribution in [-0.4, -0.2) is 16.5 Å². The highest BCUT2D eigenvalue weighted by atomic mass is 79.9. The molecule has 112 valence electrons. The van der Waals surface area contributed by atoms with Crippen molar-refractivity contribution in [3.63, 3.8) is 0 Å². The van der Waals surface area contributed by atoms with Gasteiger partial charge in [-0.25, -0.2) is 9.97 Å². The largest absolute Gasteiger partial charge is 0.370 e. The Morgan fingerprint density at radius 2 is 2.10 bits per heavy atom. The summed E-state index contributed by atoms with van der Waals surface area (Å²) < 4.78 is 1.65. The van der Waals surface area contributed by atoms with Crippen molar-refractivity contribution >= 4 is 44.7 Å². The number of anilines is 1. The van der Waals surface area contributed by atoms with Gasteiger partial charge in [-0.3, -0.25) is 0 Å². The summed E-state index contributed by atoms with van der Waals surface area (Å²) in [5.41, 5.74) is 1.16. The number of hydrogen-bond donors (Lipinski definition) is 1. The maximum absolute atomic E-state index is 6.15. The minimum atomic E-state index is 0.572. The van der Waals surface area contributed by atoms with Crippen molar-refractivity contribution in [3.05, 3.63) is 26.6 Å². The van der Waals surface area contributed by atoms with Gasteiger partial charge >= 0.3 is 0 Å². The smallest absolute Gasteiger partial charge is 0.171 e. The Kier molecular flexibility index (Phi) is 4.82. The van der Waals surface area contributed by atoms with Crippen LogP contribution < -0.4 is 5.32 Å². The molecule has 2 aromatic rings. The van der Waals surface area contributed by atoms with E-state index < -0.39 is 0 Å². The van der Waals surface area contributed by atoms with E-state index in [0.29, 0.717) is 5.92 Å². The summed E-state index contributed by atoms with van der Waals surface area (Å²) in [6, 6.07) is 4.10. The molecule has 1 fully saturated rings. The molecule has 3 nitrogen and oxygen atoms in total. The first-order valence-electron chi connectivity index (χ1n) is 7.25. The van der Waals surface area contributed by atoms with Crippen LogP contribution >= 0.6 is 38.9 Å². The molecule has 0 aliphatic heterocycles. The van der Waals surface area contributed by atoms with Gasteiger partial charge in [-0.2, -0.15) is 0 Å². The van der Waals surface area contributed by atoms with Crippen molar-refractivity contribution in [1.29, 1.82) is 0 Å². The van der Waals surface area contributed by atoms with Crippen molar-refractivity contribution in [2.75, 3.05) is 11.9 Å². The van der Waals surface area contributed by atoms with Crippen molar-refractivity contribution < 1.29 is 0 Å². The molecule has 1 aliphatic carbocycles. The zero-order chi connectivity index (χ0) is 14.8. The first-order valence-corrected chi connectivity index (χ1v) is 9.24. The van der Waals surface area contributed by atoms with Crippen LogP contribution in [0.3, 0.4) is 0 Å². The van der Waals surface area contributed by atoms with E-state index in [-0.39, 0.29) is 0 Å². The number of nitrogens with zero attached hydrogens (tertiary/aromatic N) is 2. The standard InChI is InChI=1S/C15H17BrClN3S/c1-2-18-13-8-11(9-5-3-4-6-9)19-15(20-13)12-7-10(16)14(17)21-12/h7-9H,2-6H2,1H3,(H,18,19,20). The SMILES string of the molecule is CCNc1cc(C2CCCC2)nc(-c2cc(Br)c(Cl)s2)n1. The summed E-state index contributed by atoms with van der Waals surface area (Å²) in [5, 5.41) is 3.31. The van der Waals surface area contributed by atoms with E-state index in [1.807, 2.05) is 6.07 Å². The third-order valence-corrected chi connectivity index (χ3v) is 6.21. The molecule has 0 radical (unpaired) electrons. The molecule has 0 spiro atoms. The normalized spacial score (nSPS) is 15.6. The lowest BCUT2D eigenvalue weighted by molar-refractivity contribution is 0.696. The molecule has 0 atom stereocenters. The Morgan fingerprint density at radius 1 is 1.33 bits per heavy atom. The van der Waals surface area contributed by atoms with Crippen LogP contribution in [0.5, 0.6) is 0 Å². The second-order valence-corrected chi connectivity index (χ2v) is 7.75. The Bertz CT molecular complexity index is 618. The topological polar surface area (TPSA) is 37.8 Å². The monoisotopic (exact) mass is 385 g/mol. The zero-order valence-corrected chi connectivity index (χ0v) is 15.0. The third-order valence-electron chi connectivity index (χ3n) is 3.74. The Hall–Kier alpha value is -0.650. The quantitative estimate of drug-likeness (QED) is 0.731. The highest BCUT2D eigenvalue weighted by Crippen LogP contribution is 2.39. The summed E-state index contributed by atoms with van der Waals surface area (Å²) in [6.07, 6.45) is 5.07. The average Bonchev–Trinajstić information content (AvgIpc) is 3.10. The molecular weight excluding hydrogens is 370 g/mol. The average molecular weight is 387 g/mol. The summed E-state index contributed by atoms with van der Waals surface area (Å²) in [6.45, 7) is 2.94. The van der Waals surface area contributed by atoms with E-state index in [9.17, 15) is 0 Å². The molecule has 0 bridgehead atoms. The lowest BCUT2D eigenvalue weighted by Gasteiger charge is -2.12. The fourth-order valence-electron chi connectivity index (χ4n) is 2.74. The molecule has 0 unspecified atom stereocenters. The number of hydrogen-bond acceptors (Lipinski definition) is 4. The molecule has 2 heterocycles. The van der Waals surface area contributed by atoms with Gasteiger partial charge in [-0.05, 0) is 41.8 Å². The van der Waals surface area contributed by atoms with Crippen LogP contribution in [0.25, 0.3) is 10.7 Å². The summed E-state index contributed by atoms with van der Waals surface area (Å²) in [5.74, 6) is 2.25. The number of thiophene rings is 1. The number of nitrogens with one attached hydrogen (secondary N) is 1. The molecule has 6 heteroatoms. The highest BCUT2D eigenvalue weighted by Gasteiger charge is 2.21. The van der Waals surface area contributed by atoms with E-state index in [1.54, 1.807) is 0 Å². The van der Waals surface area contributed by atoms with Gasteiger partial charge in [0, 0.05) is 28.7 Å². The summed E-state index contributed by atoms with van der Waals surface area (Å²) in [4.78, 5) is 10.4. The fourth-order valence-corrected chi connectivity index (χ4v) is 4.37. The minimum Gasteiger partial charge on any atom is -0.370 e. The molecule has 21 heavy (non-hydrogen) atoms. The van der Waals surface area contributed by atoms with Crippen LogP contribution in [0.4, 0.5) is 5.82 Å². The van der Waals surface area contributed by atoms with Gasteiger partial charge in [0.05, 0.1) is 4.88 Å². The molecule has 1 N–H and O–H groups in total. The van der Waals surface area contributed by atoms with Gasteiger partial charge in [-0.15, -0.1) is 11.3 Å². The predicted octanol–water partition coefficient (Wildman–Crippen LogP) is 5.71. The lowest BCUT2D eigenvalue weighted by atomic mass is 10.0. The Balaban J connectivity index is 2.01. The van der Waals surface area contributed by atoms with Gasteiger partial charge < -0.3 is 5.32 Å². The molecule has 1 saturated carbocycles. The molecule has 3 rings (SSSR count). The predicted molar refractivity (Wildman–Crippen MR) is 93.4 cm³/mol. The molecule has 1 aliphatic rings. The van der Waals surface area contributed by atoms with E-state index in [0.717, 1.165) is 37.6 Å². The van der Waals surface area contributed by atoms with E-state index in [2.05, 4.69) is 39.2 Å². The second kappa shape index (κ2) is 6.63. The summed E-state index contributed by atoms with van der Waals surface area (Å²) in [7, 11) is 0. The summed E-state index contributed by atoms with van der Waals surface area (Å²) >= 11 is 11.1. The second-order valence-electron chi connectivity index (χ2n) is 5.25.